The predicted molar refractivity (Wildman–Crippen MR) is 57.9 cm³/mol. The lowest BCUT2D eigenvalue weighted by Crippen LogP contribution is -2.12. The summed E-state index contributed by atoms with van der Waals surface area (Å²) >= 11 is 0. The van der Waals surface area contributed by atoms with Crippen molar-refractivity contribution in [2.75, 3.05) is 19.8 Å². The molecule has 16 heavy (non-hydrogen) atoms. The van der Waals surface area contributed by atoms with E-state index in [1.54, 1.807) is 19.1 Å². The molecule has 0 N–H and O–H groups in total. The highest BCUT2D eigenvalue weighted by atomic mass is 19.1. The average Bonchev–Trinajstić information content (AvgIpc) is 2.28. The Labute approximate surface area is 94.2 Å². The summed E-state index contributed by atoms with van der Waals surface area (Å²) in [5, 5.41) is 0. The summed E-state index contributed by atoms with van der Waals surface area (Å²) in [5.41, 5.74) is 0.399. The average molecular weight is 226 g/mol. The van der Waals surface area contributed by atoms with Gasteiger partial charge in [0.15, 0.2) is 0 Å². The standard InChI is InChI=1S/C12H15FO3/c1-3-15-7-8-16-12(14)10-6-4-5-9(2)11(10)13/h4-6H,3,7-8H2,1-2H3. The molecule has 0 aliphatic heterocycles. The first-order chi connectivity index (χ1) is 7.66. The van der Waals surface area contributed by atoms with Gasteiger partial charge in [-0.05, 0) is 25.5 Å². The highest BCUT2D eigenvalue weighted by Crippen LogP contribution is 2.12. The van der Waals surface area contributed by atoms with Crippen LogP contribution in [0.3, 0.4) is 0 Å². The van der Waals surface area contributed by atoms with Crippen LogP contribution < -0.4 is 0 Å². The Hall–Kier alpha value is -1.42. The minimum Gasteiger partial charge on any atom is -0.460 e. The zero-order chi connectivity index (χ0) is 12.0. The first kappa shape index (κ1) is 12.6. The van der Waals surface area contributed by atoms with E-state index >= 15 is 0 Å². The second kappa shape index (κ2) is 6.23. The van der Waals surface area contributed by atoms with Gasteiger partial charge in [-0.1, -0.05) is 12.1 Å². The first-order valence-electron chi connectivity index (χ1n) is 5.16. The Morgan fingerprint density at radius 2 is 2.12 bits per heavy atom. The van der Waals surface area contributed by atoms with E-state index in [1.807, 2.05) is 6.92 Å². The molecule has 0 unspecified atom stereocenters. The van der Waals surface area contributed by atoms with Crippen molar-refractivity contribution in [3.8, 4) is 0 Å². The summed E-state index contributed by atoms with van der Waals surface area (Å²) in [7, 11) is 0. The second-order valence-corrected chi connectivity index (χ2v) is 3.27. The van der Waals surface area contributed by atoms with Gasteiger partial charge < -0.3 is 9.47 Å². The van der Waals surface area contributed by atoms with Crippen LogP contribution in [0.2, 0.25) is 0 Å². The molecular weight excluding hydrogens is 211 g/mol. The van der Waals surface area contributed by atoms with Gasteiger partial charge in [0.1, 0.15) is 12.4 Å². The van der Waals surface area contributed by atoms with E-state index in [1.165, 1.54) is 6.07 Å². The van der Waals surface area contributed by atoms with Crippen LogP contribution in [0.5, 0.6) is 0 Å². The van der Waals surface area contributed by atoms with Crippen molar-refractivity contribution >= 4 is 5.97 Å². The SMILES string of the molecule is CCOCCOC(=O)c1cccc(C)c1F. The summed E-state index contributed by atoms with van der Waals surface area (Å²) < 4.78 is 23.4. The number of hydrogen-bond donors (Lipinski definition) is 0. The van der Waals surface area contributed by atoms with Crippen LogP contribution >= 0.6 is 0 Å². The highest BCUT2D eigenvalue weighted by Gasteiger charge is 2.13. The maximum atomic E-state index is 13.5. The molecule has 0 aliphatic carbocycles. The van der Waals surface area contributed by atoms with Crippen molar-refractivity contribution in [3.63, 3.8) is 0 Å². The van der Waals surface area contributed by atoms with Crippen molar-refractivity contribution in [3.05, 3.63) is 35.1 Å². The number of esters is 1. The third-order valence-electron chi connectivity index (χ3n) is 2.08. The quantitative estimate of drug-likeness (QED) is 0.571. The molecule has 0 aliphatic rings. The monoisotopic (exact) mass is 226 g/mol. The van der Waals surface area contributed by atoms with Crippen molar-refractivity contribution in [2.45, 2.75) is 13.8 Å². The normalized spacial score (nSPS) is 10.2. The summed E-state index contributed by atoms with van der Waals surface area (Å²) in [6, 6.07) is 4.63. The van der Waals surface area contributed by atoms with Crippen LogP contribution in [0, 0.1) is 12.7 Å². The number of ether oxygens (including phenoxy) is 2. The fourth-order valence-corrected chi connectivity index (χ4v) is 1.22. The van der Waals surface area contributed by atoms with Crippen molar-refractivity contribution in [1.29, 1.82) is 0 Å². The van der Waals surface area contributed by atoms with E-state index in [9.17, 15) is 9.18 Å². The smallest absolute Gasteiger partial charge is 0.341 e. The molecule has 1 aromatic carbocycles. The fraction of sp³-hybridized carbons (Fsp3) is 0.417. The molecule has 0 heterocycles. The molecule has 0 radical (unpaired) electrons. The molecule has 3 nitrogen and oxygen atoms in total. The zero-order valence-electron chi connectivity index (χ0n) is 9.46. The van der Waals surface area contributed by atoms with E-state index in [4.69, 9.17) is 9.47 Å². The second-order valence-electron chi connectivity index (χ2n) is 3.27. The summed E-state index contributed by atoms with van der Waals surface area (Å²) in [6.07, 6.45) is 0. The van der Waals surface area contributed by atoms with Gasteiger partial charge in [-0.15, -0.1) is 0 Å². The molecule has 0 saturated heterocycles. The van der Waals surface area contributed by atoms with Gasteiger partial charge in [0.2, 0.25) is 0 Å². The Kier molecular flexibility index (Phi) is 4.92. The number of rotatable bonds is 5. The molecule has 0 saturated carbocycles. The van der Waals surface area contributed by atoms with Crippen LogP contribution in [-0.4, -0.2) is 25.8 Å². The van der Waals surface area contributed by atoms with Crippen molar-refractivity contribution < 1.29 is 18.7 Å². The Balaban J connectivity index is 2.56. The lowest BCUT2D eigenvalue weighted by Gasteiger charge is -2.06. The zero-order valence-corrected chi connectivity index (χ0v) is 9.46. The Morgan fingerprint density at radius 3 is 2.81 bits per heavy atom. The largest absolute Gasteiger partial charge is 0.460 e. The summed E-state index contributed by atoms with van der Waals surface area (Å²) in [5.74, 6) is -1.18. The van der Waals surface area contributed by atoms with E-state index in [0.717, 1.165) is 0 Å². The summed E-state index contributed by atoms with van der Waals surface area (Å²) in [6.45, 7) is 4.49. The Morgan fingerprint density at radius 1 is 1.38 bits per heavy atom. The lowest BCUT2D eigenvalue weighted by molar-refractivity contribution is 0.0330. The van der Waals surface area contributed by atoms with Gasteiger partial charge >= 0.3 is 5.97 Å². The van der Waals surface area contributed by atoms with Gasteiger partial charge in [-0.25, -0.2) is 9.18 Å². The van der Waals surface area contributed by atoms with Crippen LogP contribution in [0.4, 0.5) is 4.39 Å². The van der Waals surface area contributed by atoms with E-state index < -0.39 is 11.8 Å². The molecular formula is C12H15FO3. The molecule has 0 amide bonds. The van der Waals surface area contributed by atoms with E-state index in [-0.39, 0.29) is 12.2 Å². The van der Waals surface area contributed by atoms with Gasteiger partial charge in [-0.3, -0.25) is 0 Å². The van der Waals surface area contributed by atoms with E-state index in [0.29, 0.717) is 18.8 Å². The maximum Gasteiger partial charge on any atom is 0.341 e. The highest BCUT2D eigenvalue weighted by molar-refractivity contribution is 5.89. The minimum absolute atomic E-state index is 0.0310. The van der Waals surface area contributed by atoms with Gasteiger partial charge in [0.25, 0.3) is 0 Å². The molecule has 0 bridgehead atoms. The van der Waals surface area contributed by atoms with Crippen LogP contribution in [0.15, 0.2) is 18.2 Å². The third-order valence-corrected chi connectivity index (χ3v) is 2.08. The van der Waals surface area contributed by atoms with Crippen molar-refractivity contribution in [1.82, 2.24) is 0 Å². The molecule has 1 rings (SSSR count). The molecule has 0 atom stereocenters. The summed E-state index contributed by atoms with van der Waals surface area (Å²) in [4.78, 5) is 11.5. The molecule has 4 heteroatoms. The van der Waals surface area contributed by atoms with Crippen LogP contribution in [0.1, 0.15) is 22.8 Å². The molecule has 0 aromatic heterocycles. The number of carbonyl (C=O) groups is 1. The van der Waals surface area contributed by atoms with Crippen molar-refractivity contribution in [2.24, 2.45) is 0 Å². The minimum atomic E-state index is -0.652. The lowest BCUT2D eigenvalue weighted by atomic mass is 10.1. The molecule has 1 aromatic rings. The number of carbonyl (C=O) groups excluding carboxylic acids is 1. The number of benzene rings is 1. The third kappa shape index (κ3) is 3.31. The first-order valence-corrected chi connectivity index (χ1v) is 5.16. The van der Waals surface area contributed by atoms with Gasteiger partial charge in [0.05, 0.1) is 12.2 Å². The van der Waals surface area contributed by atoms with Crippen LogP contribution in [0.25, 0.3) is 0 Å². The number of hydrogen-bond acceptors (Lipinski definition) is 3. The van der Waals surface area contributed by atoms with E-state index in [2.05, 4.69) is 0 Å². The molecule has 88 valence electrons. The Bertz CT molecular complexity index is 363. The maximum absolute atomic E-state index is 13.5. The van der Waals surface area contributed by atoms with Crippen LogP contribution in [-0.2, 0) is 9.47 Å². The van der Waals surface area contributed by atoms with Gasteiger partial charge in [0, 0.05) is 6.61 Å². The van der Waals surface area contributed by atoms with Gasteiger partial charge in [-0.2, -0.15) is 0 Å². The number of aryl methyl sites for hydroxylation is 1. The fourth-order valence-electron chi connectivity index (χ4n) is 1.22. The topological polar surface area (TPSA) is 35.5 Å². The molecule has 0 fully saturated rings. The number of halogens is 1. The molecule has 0 spiro atoms. The predicted octanol–water partition coefficient (Wildman–Crippen LogP) is 2.33.